The Balaban J connectivity index is 1.69. The molecule has 0 unspecified atom stereocenters. The fraction of sp³-hybridized carbons (Fsp3) is 0.160. The third-order valence-electron chi connectivity index (χ3n) is 5.36. The summed E-state index contributed by atoms with van der Waals surface area (Å²) in [5.41, 5.74) is 1.30. The van der Waals surface area contributed by atoms with Crippen molar-refractivity contribution in [2.24, 2.45) is 0 Å². The summed E-state index contributed by atoms with van der Waals surface area (Å²) in [5.74, 6) is -1.31. The molecule has 1 saturated heterocycles. The van der Waals surface area contributed by atoms with Crippen LogP contribution < -0.4 is 9.64 Å². The van der Waals surface area contributed by atoms with Crippen LogP contribution in [-0.2, 0) is 16.1 Å². The van der Waals surface area contributed by atoms with Gasteiger partial charge < -0.3 is 9.64 Å². The van der Waals surface area contributed by atoms with Gasteiger partial charge in [0.05, 0.1) is 19.2 Å². The van der Waals surface area contributed by atoms with Gasteiger partial charge in [0.2, 0.25) is 5.91 Å². The van der Waals surface area contributed by atoms with Crippen molar-refractivity contribution in [2.75, 3.05) is 12.0 Å². The van der Waals surface area contributed by atoms with Crippen molar-refractivity contribution in [3.63, 3.8) is 0 Å². The zero-order valence-electron chi connectivity index (χ0n) is 17.4. The second-order valence-electron chi connectivity index (χ2n) is 7.41. The van der Waals surface area contributed by atoms with E-state index < -0.39 is 29.6 Å². The Morgan fingerprint density at radius 2 is 1.75 bits per heavy atom. The number of carbonyl (C=O) groups excluding carboxylic acids is 3. The van der Waals surface area contributed by atoms with E-state index in [1.165, 1.54) is 23.1 Å². The standard InChI is InChI=1S/C25H21FN2O4/c1-32-21-12-10-17(11-13-21)16-27(24(30)18-6-5-7-19(26)14-18)22-15-23(29)28(25(22)31)20-8-3-2-4-9-20/h2-14,22H,15-16H2,1H3/t22-/m1/s1. The average Bonchev–Trinajstić information content (AvgIpc) is 3.11. The molecule has 0 N–H and O–H groups in total. The molecular formula is C25H21FN2O4. The highest BCUT2D eigenvalue weighted by Gasteiger charge is 2.44. The number of methoxy groups -OCH3 is 1. The first-order valence-corrected chi connectivity index (χ1v) is 10.1. The van der Waals surface area contributed by atoms with E-state index in [2.05, 4.69) is 0 Å². The number of nitrogens with zero attached hydrogens (tertiary/aromatic N) is 2. The smallest absolute Gasteiger partial charge is 0.257 e. The Kier molecular flexibility index (Phi) is 5.98. The first kappa shape index (κ1) is 21.2. The van der Waals surface area contributed by atoms with Crippen LogP contribution in [-0.4, -0.2) is 35.8 Å². The predicted octanol–water partition coefficient (Wildman–Crippen LogP) is 3.81. The number of hydrogen-bond acceptors (Lipinski definition) is 4. The average molecular weight is 432 g/mol. The van der Waals surface area contributed by atoms with Crippen molar-refractivity contribution in [1.82, 2.24) is 4.90 Å². The van der Waals surface area contributed by atoms with Crippen molar-refractivity contribution in [2.45, 2.75) is 19.0 Å². The number of rotatable bonds is 6. The van der Waals surface area contributed by atoms with E-state index in [-0.39, 0.29) is 18.5 Å². The summed E-state index contributed by atoms with van der Waals surface area (Å²) < 4.78 is 19.0. The fourth-order valence-corrected chi connectivity index (χ4v) is 3.75. The summed E-state index contributed by atoms with van der Waals surface area (Å²) in [6.07, 6.45) is -0.148. The third-order valence-corrected chi connectivity index (χ3v) is 5.36. The molecule has 1 fully saturated rings. The van der Waals surface area contributed by atoms with E-state index in [0.717, 1.165) is 16.5 Å². The number of benzene rings is 3. The number of ether oxygens (including phenoxy) is 1. The molecule has 0 bridgehead atoms. The summed E-state index contributed by atoms with van der Waals surface area (Å²) >= 11 is 0. The van der Waals surface area contributed by atoms with Gasteiger partial charge in [0, 0.05) is 12.1 Å². The molecule has 3 aromatic carbocycles. The van der Waals surface area contributed by atoms with Crippen molar-refractivity contribution < 1.29 is 23.5 Å². The van der Waals surface area contributed by atoms with Gasteiger partial charge in [-0.25, -0.2) is 9.29 Å². The van der Waals surface area contributed by atoms with Gasteiger partial charge in [-0.1, -0.05) is 36.4 Å². The van der Waals surface area contributed by atoms with Crippen molar-refractivity contribution >= 4 is 23.4 Å². The number of halogens is 1. The fourth-order valence-electron chi connectivity index (χ4n) is 3.75. The lowest BCUT2D eigenvalue weighted by molar-refractivity contribution is -0.122. The van der Waals surface area contributed by atoms with E-state index >= 15 is 0 Å². The molecule has 0 radical (unpaired) electrons. The Labute approximate surface area is 184 Å². The Hall–Kier alpha value is -4.00. The first-order valence-electron chi connectivity index (χ1n) is 10.1. The molecule has 0 aromatic heterocycles. The number of hydrogen-bond donors (Lipinski definition) is 0. The lowest BCUT2D eigenvalue weighted by atomic mass is 10.1. The number of amides is 3. The zero-order chi connectivity index (χ0) is 22.7. The van der Waals surface area contributed by atoms with Crippen LogP contribution in [0.2, 0.25) is 0 Å². The topological polar surface area (TPSA) is 66.9 Å². The number of imide groups is 1. The molecule has 3 amide bonds. The molecule has 4 rings (SSSR count). The lowest BCUT2D eigenvalue weighted by Gasteiger charge is -2.28. The molecule has 1 atom stereocenters. The van der Waals surface area contributed by atoms with Crippen LogP contribution in [0.3, 0.4) is 0 Å². The molecular weight excluding hydrogens is 411 g/mol. The molecule has 7 heteroatoms. The highest BCUT2D eigenvalue weighted by Crippen LogP contribution is 2.28. The van der Waals surface area contributed by atoms with E-state index in [9.17, 15) is 18.8 Å². The van der Waals surface area contributed by atoms with Gasteiger partial charge in [-0.2, -0.15) is 0 Å². The van der Waals surface area contributed by atoms with Crippen LogP contribution in [0.15, 0.2) is 78.9 Å². The molecule has 162 valence electrons. The molecule has 3 aromatic rings. The summed E-state index contributed by atoms with van der Waals surface area (Å²) in [4.78, 5) is 41.8. The minimum absolute atomic E-state index is 0.0751. The van der Waals surface area contributed by atoms with E-state index in [4.69, 9.17) is 4.74 Å². The summed E-state index contributed by atoms with van der Waals surface area (Å²) in [6, 6.07) is 19.9. The SMILES string of the molecule is COc1ccc(CN(C(=O)c2cccc(F)c2)[C@@H]2CC(=O)N(c3ccccc3)C2=O)cc1. The first-order chi connectivity index (χ1) is 15.5. The van der Waals surface area contributed by atoms with Gasteiger partial charge in [0.1, 0.15) is 17.6 Å². The number of anilines is 1. The maximum Gasteiger partial charge on any atom is 0.257 e. The normalized spacial score (nSPS) is 15.7. The largest absolute Gasteiger partial charge is 0.497 e. The Morgan fingerprint density at radius 3 is 2.41 bits per heavy atom. The van der Waals surface area contributed by atoms with Crippen LogP contribution in [0.4, 0.5) is 10.1 Å². The molecule has 0 aliphatic carbocycles. The minimum Gasteiger partial charge on any atom is -0.497 e. The molecule has 1 heterocycles. The van der Waals surface area contributed by atoms with Gasteiger partial charge in [0.25, 0.3) is 11.8 Å². The molecule has 32 heavy (non-hydrogen) atoms. The van der Waals surface area contributed by atoms with Crippen molar-refractivity contribution in [1.29, 1.82) is 0 Å². The number of para-hydroxylation sites is 1. The van der Waals surface area contributed by atoms with Gasteiger partial charge in [-0.05, 0) is 48.0 Å². The van der Waals surface area contributed by atoms with E-state index in [0.29, 0.717) is 11.4 Å². The number of carbonyl (C=O) groups is 3. The second kappa shape index (κ2) is 9.01. The van der Waals surface area contributed by atoms with Crippen LogP contribution in [0, 0.1) is 5.82 Å². The van der Waals surface area contributed by atoms with Gasteiger partial charge in [0.15, 0.2) is 0 Å². The zero-order valence-corrected chi connectivity index (χ0v) is 17.4. The monoisotopic (exact) mass is 432 g/mol. The third kappa shape index (κ3) is 4.23. The molecule has 1 aliphatic heterocycles. The van der Waals surface area contributed by atoms with Gasteiger partial charge >= 0.3 is 0 Å². The Morgan fingerprint density at radius 1 is 1.03 bits per heavy atom. The maximum atomic E-state index is 13.8. The summed E-state index contributed by atoms with van der Waals surface area (Å²) in [6.45, 7) is 0.0751. The molecule has 0 saturated carbocycles. The van der Waals surface area contributed by atoms with Crippen molar-refractivity contribution in [3.8, 4) is 5.75 Å². The Bertz CT molecular complexity index is 1150. The van der Waals surface area contributed by atoms with E-state index in [1.807, 2.05) is 0 Å². The predicted molar refractivity (Wildman–Crippen MR) is 117 cm³/mol. The second-order valence-corrected chi connectivity index (χ2v) is 7.41. The van der Waals surface area contributed by atoms with Crippen LogP contribution in [0.5, 0.6) is 5.75 Å². The maximum absolute atomic E-state index is 13.8. The van der Waals surface area contributed by atoms with Gasteiger partial charge in [-0.15, -0.1) is 0 Å². The van der Waals surface area contributed by atoms with E-state index in [1.54, 1.807) is 61.7 Å². The van der Waals surface area contributed by atoms with Crippen LogP contribution in [0.25, 0.3) is 0 Å². The van der Waals surface area contributed by atoms with Crippen molar-refractivity contribution in [3.05, 3.63) is 95.8 Å². The summed E-state index contributed by atoms with van der Waals surface area (Å²) in [7, 11) is 1.55. The quantitative estimate of drug-likeness (QED) is 0.556. The highest BCUT2D eigenvalue weighted by atomic mass is 19.1. The molecule has 0 spiro atoms. The van der Waals surface area contributed by atoms with Crippen LogP contribution in [0.1, 0.15) is 22.3 Å². The lowest BCUT2D eigenvalue weighted by Crippen LogP contribution is -2.45. The molecule has 6 nitrogen and oxygen atoms in total. The highest BCUT2D eigenvalue weighted by molar-refractivity contribution is 6.23. The summed E-state index contributed by atoms with van der Waals surface area (Å²) in [5, 5.41) is 0. The minimum atomic E-state index is -0.999. The van der Waals surface area contributed by atoms with Gasteiger partial charge in [-0.3, -0.25) is 14.4 Å². The van der Waals surface area contributed by atoms with Crippen LogP contribution >= 0.6 is 0 Å². The molecule has 1 aliphatic rings.